The van der Waals surface area contributed by atoms with Gasteiger partial charge in [0.15, 0.2) is 5.82 Å². The summed E-state index contributed by atoms with van der Waals surface area (Å²) < 4.78 is 13.9. The first kappa shape index (κ1) is 14.5. The number of anilines is 3. The summed E-state index contributed by atoms with van der Waals surface area (Å²) in [6, 6.07) is 6.54. The number of para-hydroxylation sites is 1. The van der Waals surface area contributed by atoms with E-state index >= 15 is 0 Å². The topological polar surface area (TPSA) is 41.1 Å². The molecular formula is C14H16ClFN4. The van der Waals surface area contributed by atoms with E-state index in [1.165, 1.54) is 12.3 Å². The van der Waals surface area contributed by atoms with Crippen molar-refractivity contribution in [1.82, 2.24) is 9.97 Å². The molecule has 0 radical (unpaired) electrons. The molecule has 0 saturated heterocycles. The van der Waals surface area contributed by atoms with Crippen LogP contribution < -0.4 is 10.2 Å². The van der Waals surface area contributed by atoms with Crippen LogP contribution in [0.5, 0.6) is 0 Å². The molecule has 106 valence electrons. The number of hydrogen-bond donors (Lipinski definition) is 1. The molecule has 0 amide bonds. The lowest BCUT2D eigenvalue weighted by molar-refractivity contribution is 0.625. The van der Waals surface area contributed by atoms with E-state index in [9.17, 15) is 4.39 Å². The predicted octanol–water partition coefficient (Wildman–Crippen LogP) is 3.86. The van der Waals surface area contributed by atoms with Gasteiger partial charge in [0, 0.05) is 13.1 Å². The molecule has 20 heavy (non-hydrogen) atoms. The fraction of sp³-hybridized carbons (Fsp3) is 0.286. The number of nitrogens with zero attached hydrogens (tertiary/aromatic N) is 3. The second-order valence-corrected chi connectivity index (χ2v) is 4.50. The standard InChI is InChI=1S/C14H16ClFN4/c1-3-17-14-18-9-10(15)13(19-14)20(4-2)12-8-6-5-7-11(12)16/h5-9H,3-4H2,1-2H3,(H,17,18,19). The molecule has 2 rings (SSSR count). The smallest absolute Gasteiger partial charge is 0.224 e. The zero-order valence-electron chi connectivity index (χ0n) is 11.4. The van der Waals surface area contributed by atoms with Gasteiger partial charge < -0.3 is 10.2 Å². The van der Waals surface area contributed by atoms with E-state index < -0.39 is 0 Å². The van der Waals surface area contributed by atoms with Gasteiger partial charge in [0.1, 0.15) is 10.8 Å². The molecular weight excluding hydrogens is 279 g/mol. The Hall–Kier alpha value is -1.88. The molecule has 0 atom stereocenters. The third-order valence-electron chi connectivity index (χ3n) is 2.78. The van der Waals surface area contributed by atoms with Gasteiger partial charge in [-0.05, 0) is 26.0 Å². The van der Waals surface area contributed by atoms with Crippen LogP contribution in [0.2, 0.25) is 5.02 Å². The summed E-state index contributed by atoms with van der Waals surface area (Å²) in [5.41, 5.74) is 0.443. The maximum atomic E-state index is 13.9. The molecule has 0 aliphatic carbocycles. The summed E-state index contributed by atoms with van der Waals surface area (Å²) >= 11 is 6.16. The molecule has 0 fully saturated rings. The van der Waals surface area contributed by atoms with Crippen molar-refractivity contribution in [2.75, 3.05) is 23.3 Å². The third-order valence-corrected chi connectivity index (χ3v) is 3.04. The Morgan fingerprint density at radius 2 is 2.05 bits per heavy atom. The maximum Gasteiger partial charge on any atom is 0.224 e. The van der Waals surface area contributed by atoms with Gasteiger partial charge >= 0.3 is 0 Å². The Balaban J connectivity index is 2.46. The van der Waals surface area contributed by atoms with Crippen LogP contribution in [0.25, 0.3) is 0 Å². The van der Waals surface area contributed by atoms with E-state index in [0.29, 0.717) is 35.6 Å². The lowest BCUT2D eigenvalue weighted by Gasteiger charge is -2.23. The molecule has 0 bridgehead atoms. The van der Waals surface area contributed by atoms with E-state index in [0.717, 1.165) is 0 Å². The number of nitrogens with one attached hydrogen (secondary N) is 1. The second-order valence-electron chi connectivity index (χ2n) is 4.09. The number of rotatable bonds is 5. The lowest BCUT2D eigenvalue weighted by Crippen LogP contribution is -2.20. The van der Waals surface area contributed by atoms with E-state index in [-0.39, 0.29) is 5.82 Å². The van der Waals surface area contributed by atoms with Gasteiger partial charge in [-0.1, -0.05) is 23.7 Å². The monoisotopic (exact) mass is 294 g/mol. The van der Waals surface area contributed by atoms with Crippen LogP contribution in [-0.2, 0) is 0 Å². The molecule has 6 heteroatoms. The molecule has 1 aromatic carbocycles. The van der Waals surface area contributed by atoms with E-state index in [1.54, 1.807) is 23.1 Å². The number of aromatic nitrogens is 2. The minimum atomic E-state index is -0.311. The van der Waals surface area contributed by atoms with Crippen LogP contribution >= 0.6 is 11.6 Å². The summed E-state index contributed by atoms with van der Waals surface area (Å²) in [6.07, 6.45) is 1.52. The Bertz CT molecular complexity index is 591. The summed E-state index contributed by atoms with van der Waals surface area (Å²) in [5.74, 6) is 0.654. The van der Waals surface area contributed by atoms with Crippen molar-refractivity contribution in [3.63, 3.8) is 0 Å². The van der Waals surface area contributed by atoms with Crippen LogP contribution in [0.1, 0.15) is 13.8 Å². The second kappa shape index (κ2) is 6.52. The third kappa shape index (κ3) is 2.99. The quantitative estimate of drug-likeness (QED) is 0.909. The number of hydrogen-bond acceptors (Lipinski definition) is 4. The van der Waals surface area contributed by atoms with Crippen molar-refractivity contribution < 1.29 is 4.39 Å². The normalized spacial score (nSPS) is 10.4. The molecule has 0 spiro atoms. The fourth-order valence-electron chi connectivity index (χ4n) is 1.90. The molecule has 1 heterocycles. The van der Waals surface area contributed by atoms with Crippen LogP contribution in [0.3, 0.4) is 0 Å². The summed E-state index contributed by atoms with van der Waals surface area (Å²) in [4.78, 5) is 10.2. The Kier molecular flexibility index (Phi) is 4.74. The van der Waals surface area contributed by atoms with Crippen LogP contribution in [0, 0.1) is 5.82 Å². The van der Waals surface area contributed by atoms with E-state index in [4.69, 9.17) is 11.6 Å². The zero-order valence-corrected chi connectivity index (χ0v) is 12.2. The first-order valence-corrected chi connectivity index (χ1v) is 6.83. The van der Waals surface area contributed by atoms with Crippen molar-refractivity contribution in [2.45, 2.75) is 13.8 Å². The molecule has 1 N–H and O–H groups in total. The summed E-state index contributed by atoms with van der Waals surface area (Å²) in [5, 5.41) is 3.40. The van der Waals surface area contributed by atoms with Gasteiger partial charge in [0.25, 0.3) is 0 Å². The van der Waals surface area contributed by atoms with Crippen molar-refractivity contribution >= 4 is 29.1 Å². The van der Waals surface area contributed by atoms with Gasteiger partial charge in [-0.2, -0.15) is 4.98 Å². The number of benzene rings is 1. The Labute approximate surface area is 122 Å². The molecule has 2 aromatic rings. The Morgan fingerprint density at radius 3 is 2.70 bits per heavy atom. The highest BCUT2D eigenvalue weighted by molar-refractivity contribution is 6.33. The van der Waals surface area contributed by atoms with Crippen molar-refractivity contribution in [3.05, 3.63) is 41.3 Å². The molecule has 0 aliphatic heterocycles. The van der Waals surface area contributed by atoms with E-state index in [2.05, 4.69) is 15.3 Å². The maximum absolute atomic E-state index is 13.9. The van der Waals surface area contributed by atoms with Gasteiger partial charge in [0.05, 0.1) is 11.9 Å². The minimum absolute atomic E-state index is 0.311. The van der Waals surface area contributed by atoms with Gasteiger partial charge in [0.2, 0.25) is 5.95 Å². The minimum Gasteiger partial charge on any atom is -0.354 e. The average molecular weight is 295 g/mol. The van der Waals surface area contributed by atoms with Crippen molar-refractivity contribution in [2.24, 2.45) is 0 Å². The molecule has 0 unspecified atom stereocenters. The Morgan fingerprint density at radius 1 is 1.30 bits per heavy atom. The van der Waals surface area contributed by atoms with Gasteiger partial charge in [-0.3, -0.25) is 0 Å². The molecule has 0 saturated carbocycles. The summed E-state index contributed by atoms with van der Waals surface area (Å²) in [6.45, 7) is 5.11. The molecule has 1 aromatic heterocycles. The fourth-order valence-corrected chi connectivity index (χ4v) is 2.09. The zero-order chi connectivity index (χ0) is 14.5. The highest BCUT2D eigenvalue weighted by atomic mass is 35.5. The average Bonchev–Trinajstić information content (AvgIpc) is 2.45. The molecule has 0 aliphatic rings. The van der Waals surface area contributed by atoms with Crippen LogP contribution in [0.4, 0.5) is 21.8 Å². The highest BCUT2D eigenvalue weighted by Gasteiger charge is 2.17. The van der Waals surface area contributed by atoms with Crippen LogP contribution in [-0.4, -0.2) is 23.1 Å². The van der Waals surface area contributed by atoms with Crippen molar-refractivity contribution in [3.8, 4) is 0 Å². The van der Waals surface area contributed by atoms with Gasteiger partial charge in [-0.25, -0.2) is 9.37 Å². The number of halogens is 2. The first-order valence-electron chi connectivity index (χ1n) is 6.45. The van der Waals surface area contributed by atoms with E-state index in [1.807, 2.05) is 13.8 Å². The highest BCUT2D eigenvalue weighted by Crippen LogP contribution is 2.31. The van der Waals surface area contributed by atoms with Crippen LogP contribution in [0.15, 0.2) is 30.5 Å². The largest absolute Gasteiger partial charge is 0.354 e. The first-order chi connectivity index (χ1) is 9.67. The lowest BCUT2D eigenvalue weighted by atomic mass is 10.2. The SMILES string of the molecule is CCNc1ncc(Cl)c(N(CC)c2ccccc2F)n1. The van der Waals surface area contributed by atoms with Gasteiger partial charge in [-0.15, -0.1) is 0 Å². The summed E-state index contributed by atoms with van der Waals surface area (Å²) in [7, 11) is 0. The van der Waals surface area contributed by atoms with Crippen molar-refractivity contribution in [1.29, 1.82) is 0 Å². The molecule has 4 nitrogen and oxygen atoms in total. The predicted molar refractivity (Wildman–Crippen MR) is 80.3 cm³/mol.